The number of hydrogen-bond acceptors (Lipinski definition) is 8. The van der Waals surface area contributed by atoms with Gasteiger partial charge >= 0.3 is 5.97 Å². The second kappa shape index (κ2) is 14.0. The van der Waals surface area contributed by atoms with Crippen molar-refractivity contribution in [3.63, 3.8) is 0 Å². The maximum absolute atomic E-state index is 14.7. The van der Waals surface area contributed by atoms with Crippen LogP contribution >= 0.6 is 0 Å². The van der Waals surface area contributed by atoms with Crippen molar-refractivity contribution < 1.29 is 38.8 Å². The lowest BCUT2D eigenvalue weighted by molar-refractivity contribution is -0.162. The highest BCUT2D eigenvalue weighted by atomic mass is 16.5. The van der Waals surface area contributed by atoms with Gasteiger partial charge in [0.2, 0.25) is 0 Å². The summed E-state index contributed by atoms with van der Waals surface area (Å²) in [5, 5.41) is 23.3. The number of allylic oxidation sites excluding steroid dienone is 4. The smallest absolute Gasteiger partial charge is 0.313 e. The molecule has 0 radical (unpaired) electrons. The van der Waals surface area contributed by atoms with Crippen LogP contribution in [0.1, 0.15) is 126 Å². The van der Waals surface area contributed by atoms with Gasteiger partial charge in [-0.3, -0.25) is 14.4 Å². The van der Waals surface area contributed by atoms with Gasteiger partial charge < -0.3 is 24.4 Å². The molecular formula is C41H62O8. The highest BCUT2D eigenvalue weighted by Gasteiger charge is 2.67. The maximum atomic E-state index is 14.7. The van der Waals surface area contributed by atoms with Crippen LogP contribution in [-0.4, -0.2) is 63.9 Å². The average molecular weight is 683 g/mol. The van der Waals surface area contributed by atoms with Crippen molar-refractivity contribution in [1.29, 1.82) is 0 Å². The topological polar surface area (TPSA) is 119 Å². The molecule has 0 aromatic carbocycles. The quantitative estimate of drug-likeness (QED) is 0.232. The summed E-state index contributed by atoms with van der Waals surface area (Å²) in [5.74, 6) is -1.36. The van der Waals surface area contributed by atoms with E-state index in [1.807, 2.05) is 40.7 Å². The van der Waals surface area contributed by atoms with Crippen molar-refractivity contribution in [3.8, 4) is 0 Å². The van der Waals surface area contributed by atoms with Gasteiger partial charge in [-0.15, -0.1) is 0 Å². The Labute approximate surface area is 294 Å². The molecule has 0 aromatic rings. The Balaban J connectivity index is 1.75. The first-order chi connectivity index (χ1) is 22.9. The minimum atomic E-state index is -1.33. The average Bonchev–Trinajstić information content (AvgIpc) is 3.58. The molecule has 4 bridgehead atoms. The number of ketones is 2. The highest BCUT2D eigenvalue weighted by molar-refractivity contribution is 5.93. The van der Waals surface area contributed by atoms with Crippen LogP contribution in [0.4, 0.5) is 0 Å². The number of ether oxygens (including phenoxy) is 3. The highest BCUT2D eigenvalue weighted by Crippen LogP contribution is 2.64. The summed E-state index contributed by atoms with van der Waals surface area (Å²) in [5.41, 5.74) is -2.29. The zero-order chi connectivity index (χ0) is 36.1. The van der Waals surface area contributed by atoms with E-state index >= 15 is 0 Å². The molecule has 8 heteroatoms. The number of hydrogen-bond donors (Lipinski definition) is 2. The molecule has 0 unspecified atom stereocenters. The minimum absolute atomic E-state index is 0.0873. The Morgan fingerprint density at radius 3 is 2.43 bits per heavy atom. The Kier molecular flexibility index (Phi) is 10.9. The number of carbonyl (C=O) groups is 3. The largest absolute Gasteiger partial charge is 0.488 e. The third kappa shape index (κ3) is 7.13. The van der Waals surface area contributed by atoms with Gasteiger partial charge in [0.05, 0.1) is 41.7 Å². The van der Waals surface area contributed by atoms with Gasteiger partial charge in [0, 0.05) is 42.9 Å². The number of carbonyl (C=O) groups excluding carboxylic acids is 3. The summed E-state index contributed by atoms with van der Waals surface area (Å²) >= 11 is 0. The number of methoxy groups -OCH3 is 1. The Hall–Kier alpha value is -2.29. The number of Topliss-reactive ketones (excluding diaryl/α,β-unsaturated/α-hetero) is 2. The molecule has 49 heavy (non-hydrogen) atoms. The summed E-state index contributed by atoms with van der Waals surface area (Å²) in [7, 11) is 1.39. The van der Waals surface area contributed by atoms with Gasteiger partial charge in [0.25, 0.3) is 0 Å². The summed E-state index contributed by atoms with van der Waals surface area (Å²) < 4.78 is 19.1. The van der Waals surface area contributed by atoms with Crippen molar-refractivity contribution in [2.24, 2.45) is 40.9 Å². The molecule has 3 fully saturated rings. The zero-order valence-corrected chi connectivity index (χ0v) is 31.5. The molecule has 11 atom stereocenters. The number of rotatable bonds is 2. The fraction of sp³-hybridized carbons (Fsp3) is 0.780. The monoisotopic (exact) mass is 682 g/mol. The van der Waals surface area contributed by atoms with E-state index in [1.54, 1.807) is 6.92 Å². The molecule has 5 aliphatic rings. The summed E-state index contributed by atoms with van der Waals surface area (Å²) in [4.78, 5) is 42.9. The SMILES string of the molecule is COC(=O)[C@@]12CC(=O)[C@@H](C(C)C)CC(=O)[C@@H](C)CCC[C@@H](C)/C=C3\O[C@@](C)(C[C@@H]31)/C1=C\C[C@](C)(O)[C@H]3CC[C@](C)(O3)[C@H](O)CC/C(C)=C/[C@H]12. The predicted molar refractivity (Wildman–Crippen MR) is 188 cm³/mol. The molecule has 2 saturated heterocycles. The van der Waals surface area contributed by atoms with Crippen molar-refractivity contribution in [3.05, 3.63) is 35.1 Å². The van der Waals surface area contributed by atoms with Crippen molar-refractivity contribution in [2.45, 2.75) is 155 Å². The first kappa shape index (κ1) is 38.0. The van der Waals surface area contributed by atoms with Crippen LogP contribution in [0.25, 0.3) is 0 Å². The Bertz CT molecular complexity index is 1390. The Morgan fingerprint density at radius 2 is 1.76 bits per heavy atom. The number of aliphatic hydroxyl groups is 2. The third-order valence-corrected chi connectivity index (χ3v) is 13.1. The van der Waals surface area contributed by atoms with E-state index in [2.05, 4.69) is 26.0 Å². The predicted octanol–water partition coefficient (Wildman–Crippen LogP) is 7.21. The van der Waals surface area contributed by atoms with Crippen LogP contribution in [0.5, 0.6) is 0 Å². The van der Waals surface area contributed by atoms with Gasteiger partial charge in [0.15, 0.2) is 0 Å². The molecule has 5 rings (SSSR count). The van der Waals surface area contributed by atoms with Gasteiger partial charge in [-0.1, -0.05) is 51.8 Å². The molecule has 3 aliphatic heterocycles. The number of esters is 1. The summed E-state index contributed by atoms with van der Waals surface area (Å²) in [6, 6.07) is 0. The minimum Gasteiger partial charge on any atom is -0.488 e. The van der Waals surface area contributed by atoms with Crippen molar-refractivity contribution >= 4 is 17.5 Å². The van der Waals surface area contributed by atoms with E-state index in [0.29, 0.717) is 32.1 Å². The van der Waals surface area contributed by atoms with E-state index in [9.17, 15) is 24.6 Å². The fourth-order valence-electron chi connectivity index (χ4n) is 9.65. The Morgan fingerprint density at radius 1 is 1.04 bits per heavy atom. The van der Waals surface area contributed by atoms with E-state index < -0.39 is 58.1 Å². The number of fused-ring (bicyclic) bond motifs is 6. The van der Waals surface area contributed by atoms with Crippen LogP contribution in [0.2, 0.25) is 0 Å². The van der Waals surface area contributed by atoms with E-state index in [-0.39, 0.29) is 48.6 Å². The van der Waals surface area contributed by atoms with Crippen LogP contribution in [0.3, 0.4) is 0 Å². The molecule has 1 saturated carbocycles. The van der Waals surface area contributed by atoms with Crippen LogP contribution in [-0.2, 0) is 28.6 Å². The lowest BCUT2D eigenvalue weighted by Gasteiger charge is -2.48. The van der Waals surface area contributed by atoms with E-state index in [0.717, 1.165) is 36.2 Å². The molecule has 0 amide bonds. The van der Waals surface area contributed by atoms with Crippen LogP contribution in [0, 0.1) is 40.9 Å². The van der Waals surface area contributed by atoms with Crippen molar-refractivity contribution in [2.75, 3.05) is 7.11 Å². The molecule has 0 spiro atoms. The summed E-state index contributed by atoms with van der Waals surface area (Å²) in [6.45, 7) is 15.9. The van der Waals surface area contributed by atoms with Gasteiger partial charge in [-0.2, -0.15) is 0 Å². The van der Waals surface area contributed by atoms with Gasteiger partial charge in [-0.05, 0) is 96.1 Å². The second-order valence-corrected chi connectivity index (χ2v) is 17.4. The van der Waals surface area contributed by atoms with E-state index in [1.165, 1.54) is 7.11 Å². The van der Waals surface area contributed by atoms with Crippen LogP contribution in [0.15, 0.2) is 35.1 Å². The first-order valence-electron chi connectivity index (χ1n) is 18.9. The van der Waals surface area contributed by atoms with Crippen LogP contribution < -0.4 is 0 Å². The lowest BCUT2D eigenvalue weighted by atomic mass is 9.52. The molecule has 8 nitrogen and oxygen atoms in total. The molecule has 0 aromatic heterocycles. The second-order valence-electron chi connectivity index (χ2n) is 17.4. The standard InChI is InChI=1S/C41H62O8/c1-24(2)28-21-32(42)27(5)12-10-11-25(3)20-34-31-22-40(8,48-34)29-15-17-38(6,46)36-16-18-39(7,49-36)35(44)14-13-26(4)19-30(29)41(31,23-33(28)43)37(45)47-9/h15,19-20,24-25,27-28,30-31,35-36,44,46H,10-14,16-18,21-23H2,1-9H3/b26-19+,29-15-,34-20-/t25-,27+,28-,30-,31+,35-,36-,38+,39+,40+,41-/m1/s1. The van der Waals surface area contributed by atoms with Crippen molar-refractivity contribution in [1.82, 2.24) is 0 Å². The molecule has 3 heterocycles. The molecule has 274 valence electrons. The number of aliphatic hydroxyl groups excluding tert-OH is 1. The first-order valence-corrected chi connectivity index (χ1v) is 18.9. The molecule has 2 N–H and O–H groups in total. The van der Waals surface area contributed by atoms with Gasteiger partial charge in [-0.25, -0.2) is 0 Å². The normalized spacial score (nSPS) is 47.0. The summed E-state index contributed by atoms with van der Waals surface area (Å²) in [6.07, 6.45) is 10.7. The maximum Gasteiger partial charge on any atom is 0.313 e. The molecule has 2 aliphatic carbocycles. The van der Waals surface area contributed by atoms with E-state index in [4.69, 9.17) is 14.2 Å². The third-order valence-electron chi connectivity index (χ3n) is 13.1. The molecular weight excluding hydrogens is 620 g/mol. The fourth-order valence-corrected chi connectivity index (χ4v) is 9.65. The van der Waals surface area contributed by atoms with Gasteiger partial charge in [0.1, 0.15) is 17.2 Å². The lowest BCUT2D eigenvalue weighted by Crippen LogP contribution is -2.54. The zero-order valence-electron chi connectivity index (χ0n) is 31.5.